The smallest absolute Gasteiger partial charge is 0.218 e. The summed E-state index contributed by atoms with van der Waals surface area (Å²) in [5.41, 5.74) is 1.01. The van der Waals surface area contributed by atoms with Crippen molar-refractivity contribution in [3.63, 3.8) is 0 Å². The van der Waals surface area contributed by atoms with Gasteiger partial charge >= 0.3 is 0 Å². The van der Waals surface area contributed by atoms with Crippen LogP contribution in [0.5, 0.6) is 5.75 Å². The lowest BCUT2D eigenvalue weighted by Gasteiger charge is -2.07. The zero-order valence-corrected chi connectivity index (χ0v) is 9.40. The van der Waals surface area contributed by atoms with E-state index < -0.39 is 11.2 Å². The molecule has 90 valence electrons. The van der Waals surface area contributed by atoms with Gasteiger partial charge in [0.2, 0.25) is 5.43 Å². The number of aromatic nitrogens is 1. The molecule has 0 fully saturated rings. The zero-order valence-electron chi connectivity index (χ0n) is 9.40. The fourth-order valence-corrected chi connectivity index (χ4v) is 1.77. The lowest BCUT2D eigenvalue weighted by molar-refractivity contribution is 0.470. The third-order valence-corrected chi connectivity index (χ3v) is 2.75. The SMILES string of the molecule is Cc1cc2nc3cc(F)c(=O)cc-3oc2cc1O. The quantitative estimate of drug-likeness (QED) is 0.618. The lowest BCUT2D eigenvalue weighted by atomic mass is 10.1. The zero-order chi connectivity index (χ0) is 12.9. The van der Waals surface area contributed by atoms with Gasteiger partial charge in [0.05, 0.1) is 0 Å². The van der Waals surface area contributed by atoms with Crippen LogP contribution in [-0.4, -0.2) is 10.1 Å². The minimum absolute atomic E-state index is 0.0804. The maximum atomic E-state index is 13.2. The summed E-state index contributed by atoms with van der Waals surface area (Å²) in [5, 5.41) is 9.58. The Bertz CT molecular complexity index is 794. The van der Waals surface area contributed by atoms with E-state index in [1.807, 2.05) is 0 Å². The van der Waals surface area contributed by atoms with Crippen LogP contribution in [0, 0.1) is 12.7 Å². The number of benzene rings is 2. The van der Waals surface area contributed by atoms with Crippen LogP contribution >= 0.6 is 0 Å². The van der Waals surface area contributed by atoms with Gasteiger partial charge in [-0.1, -0.05) is 0 Å². The number of hydrogen-bond donors (Lipinski definition) is 1. The second-order valence-corrected chi connectivity index (χ2v) is 4.07. The van der Waals surface area contributed by atoms with Crippen LogP contribution in [0.2, 0.25) is 0 Å². The number of phenols is 1. The Hall–Kier alpha value is -2.43. The molecule has 2 aliphatic rings. The molecule has 0 amide bonds. The van der Waals surface area contributed by atoms with Gasteiger partial charge in [-0.25, -0.2) is 9.37 Å². The predicted octanol–water partition coefficient (Wildman–Crippen LogP) is 2.45. The van der Waals surface area contributed by atoms with Crippen LogP contribution < -0.4 is 5.43 Å². The summed E-state index contributed by atoms with van der Waals surface area (Å²) in [6, 6.07) is 5.15. The number of aryl methyl sites for hydroxylation is 1. The molecule has 0 aromatic heterocycles. The van der Waals surface area contributed by atoms with Crippen molar-refractivity contribution in [1.29, 1.82) is 0 Å². The third kappa shape index (κ3) is 1.52. The first-order chi connectivity index (χ1) is 8.54. The Kier molecular flexibility index (Phi) is 2.10. The van der Waals surface area contributed by atoms with Crippen molar-refractivity contribution in [1.82, 2.24) is 4.98 Å². The van der Waals surface area contributed by atoms with Crippen molar-refractivity contribution in [3.8, 4) is 17.2 Å². The van der Waals surface area contributed by atoms with Gasteiger partial charge in [-0.05, 0) is 18.6 Å². The van der Waals surface area contributed by atoms with E-state index in [4.69, 9.17) is 4.42 Å². The molecule has 0 radical (unpaired) electrons. The molecule has 1 aromatic rings. The topological polar surface area (TPSA) is 63.3 Å². The average Bonchev–Trinajstić information content (AvgIpc) is 2.31. The molecule has 1 aromatic carbocycles. The van der Waals surface area contributed by atoms with Crippen LogP contribution in [0.4, 0.5) is 4.39 Å². The summed E-state index contributed by atoms with van der Waals surface area (Å²) in [7, 11) is 0. The standard InChI is InChI=1S/C13H8FNO3/c1-6-2-8-12(4-10(6)16)18-13-5-11(17)7(14)3-9(13)15-8/h2-5,16H,1H3. The molecule has 0 bridgehead atoms. The fraction of sp³-hybridized carbons (Fsp3) is 0.0769. The van der Waals surface area contributed by atoms with Crippen molar-refractivity contribution < 1.29 is 13.9 Å². The number of nitrogens with zero attached hydrogens (tertiary/aromatic N) is 1. The largest absolute Gasteiger partial charge is 0.508 e. The van der Waals surface area contributed by atoms with Gasteiger partial charge < -0.3 is 9.52 Å². The minimum Gasteiger partial charge on any atom is -0.508 e. The highest BCUT2D eigenvalue weighted by Crippen LogP contribution is 2.28. The number of aromatic hydroxyl groups is 1. The fourth-order valence-electron chi connectivity index (χ4n) is 1.77. The molecule has 0 saturated carbocycles. The van der Waals surface area contributed by atoms with E-state index in [0.717, 1.165) is 12.1 Å². The lowest BCUT2D eigenvalue weighted by Crippen LogP contribution is -2.06. The minimum atomic E-state index is -0.861. The van der Waals surface area contributed by atoms with Crippen LogP contribution in [0.15, 0.2) is 33.5 Å². The van der Waals surface area contributed by atoms with E-state index in [1.54, 1.807) is 13.0 Å². The number of rotatable bonds is 0. The second kappa shape index (κ2) is 3.53. The highest BCUT2D eigenvalue weighted by atomic mass is 19.1. The van der Waals surface area contributed by atoms with E-state index in [1.165, 1.54) is 6.07 Å². The Balaban J connectivity index is 2.45. The van der Waals surface area contributed by atoms with E-state index in [9.17, 15) is 14.3 Å². The maximum Gasteiger partial charge on any atom is 0.218 e. The van der Waals surface area contributed by atoms with E-state index in [2.05, 4.69) is 4.98 Å². The average molecular weight is 245 g/mol. The van der Waals surface area contributed by atoms with Crippen LogP contribution in [0.25, 0.3) is 22.6 Å². The first-order valence-electron chi connectivity index (χ1n) is 5.28. The first kappa shape index (κ1) is 10.7. The molecule has 1 aliphatic carbocycles. The molecule has 3 rings (SSSR count). The molecular formula is C13H8FNO3. The summed E-state index contributed by atoms with van der Waals surface area (Å²) < 4.78 is 18.6. The van der Waals surface area contributed by atoms with E-state index in [-0.39, 0.29) is 17.2 Å². The van der Waals surface area contributed by atoms with Crippen molar-refractivity contribution in [2.45, 2.75) is 6.92 Å². The van der Waals surface area contributed by atoms with Gasteiger partial charge in [0.15, 0.2) is 17.2 Å². The molecule has 0 spiro atoms. The van der Waals surface area contributed by atoms with E-state index in [0.29, 0.717) is 16.7 Å². The normalized spacial score (nSPS) is 11.2. The molecule has 0 unspecified atom stereocenters. The summed E-state index contributed by atoms with van der Waals surface area (Å²) in [6.07, 6.45) is 0. The Morgan fingerprint density at radius 2 is 2.06 bits per heavy atom. The number of fused-ring (bicyclic) bond motifs is 2. The van der Waals surface area contributed by atoms with Crippen molar-refractivity contribution in [2.75, 3.05) is 0 Å². The van der Waals surface area contributed by atoms with Crippen LogP contribution in [0.1, 0.15) is 5.56 Å². The summed E-state index contributed by atoms with van der Waals surface area (Å²) in [5.74, 6) is -0.589. The molecule has 1 N–H and O–H groups in total. The van der Waals surface area contributed by atoms with Crippen molar-refractivity contribution >= 4 is 11.1 Å². The molecule has 5 heteroatoms. The molecule has 0 saturated heterocycles. The van der Waals surface area contributed by atoms with E-state index >= 15 is 0 Å². The second-order valence-electron chi connectivity index (χ2n) is 4.07. The molecule has 18 heavy (non-hydrogen) atoms. The number of hydrogen-bond acceptors (Lipinski definition) is 4. The van der Waals surface area contributed by atoms with Gasteiger partial charge in [0, 0.05) is 18.2 Å². The van der Waals surface area contributed by atoms with Crippen LogP contribution in [-0.2, 0) is 0 Å². The third-order valence-electron chi connectivity index (χ3n) is 2.75. The Labute approximate surface area is 101 Å². The summed E-state index contributed by atoms with van der Waals surface area (Å²) in [6.45, 7) is 1.72. The molecule has 1 aliphatic heterocycles. The van der Waals surface area contributed by atoms with Gasteiger partial charge in [0.25, 0.3) is 0 Å². The van der Waals surface area contributed by atoms with Crippen LogP contribution in [0.3, 0.4) is 0 Å². The van der Waals surface area contributed by atoms with Gasteiger partial charge in [-0.15, -0.1) is 0 Å². The van der Waals surface area contributed by atoms with Gasteiger partial charge in [-0.3, -0.25) is 4.79 Å². The monoisotopic (exact) mass is 245 g/mol. The van der Waals surface area contributed by atoms with Crippen molar-refractivity contribution in [2.24, 2.45) is 0 Å². The summed E-state index contributed by atoms with van der Waals surface area (Å²) in [4.78, 5) is 15.4. The number of halogens is 1. The number of phenolic OH excluding ortho intramolecular Hbond substituents is 1. The molecule has 4 nitrogen and oxygen atoms in total. The molecule has 1 heterocycles. The Morgan fingerprint density at radius 1 is 1.28 bits per heavy atom. The maximum absolute atomic E-state index is 13.2. The van der Waals surface area contributed by atoms with Gasteiger partial charge in [-0.2, -0.15) is 0 Å². The first-order valence-corrected chi connectivity index (χ1v) is 5.28. The summed E-state index contributed by atoms with van der Waals surface area (Å²) >= 11 is 0. The predicted molar refractivity (Wildman–Crippen MR) is 63.3 cm³/mol. The molecular weight excluding hydrogens is 237 g/mol. The highest BCUT2D eigenvalue weighted by molar-refractivity contribution is 5.78. The molecule has 0 atom stereocenters. The van der Waals surface area contributed by atoms with Gasteiger partial charge in [0.1, 0.15) is 17.0 Å². The van der Waals surface area contributed by atoms with Crippen molar-refractivity contribution in [3.05, 3.63) is 45.9 Å². The Morgan fingerprint density at radius 3 is 2.83 bits per heavy atom. The highest BCUT2D eigenvalue weighted by Gasteiger charge is 2.13.